The van der Waals surface area contributed by atoms with Crippen molar-refractivity contribution in [2.24, 2.45) is 0 Å². The summed E-state index contributed by atoms with van der Waals surface area (Å²) in [5, 5.41) is 5.92. The molecular formula is C25H37N5O5. The number of methoxy groups -OCH3 is 1. The average Bonchev–Trinajstić information content (AvgIpc) is 2.81. The van der Waals surface area contributed by atoms with Crippen molar-refractivity contribution < 1.29 is 23.9 Å². The molecule has 10 nitrogen and oxygen atoms in total. The van der Waals surface area contributed by atoms with Crippen LogP contribution in [-0.2, 0) is 9.53 Å². The van der Waals surface area contributed by atoms with Crippen LogP contribution in [0.3, 0.4) is 0 Å². The van der Waals surface area contributed by atoms with Gasteiger partial charge in [0.25, 0.3) is 0 Å². The van der Waals surface area contributed by atoms with Gasteiger partial charge in [-0.05, 0) is 33.8 Å². The number of ether oxygens (including phenoxy) is 2. The Bertz CT molecular complexity index is 979. The predicted octanol–water partition coefficient (Wildman–Crippen LogP) is 2.33. The molecule has 0 spiro atoms. The summed E-state index contributed by atoms with van der Waals surface area (Å²) in [6.07, 6.45) is 0. The van der Waals surface area contributed by atoms with Crippen LogP contribution in [0.25, 0.3) is 0 Å². The van der Waals surface area contributed by atoms with Crippen LogP contribution in [0.2, 0.25) is 0 Å². The number of nitrogens with one attached hydrogen (secondary N) is 2. The summed E-state index contributed by atoms with van der Waals surface area (Å²) in [5.41, 5.74) is 1.34. The summed E-state index contributed by atoms with van der Waals surface area (Å²) in [4.78, 5) is 44.1. The van der Waals surface area contributed by atoms with E-state index in [0.717, 1.165) is 0 Å². The van der Waals surface area contributed by atoms with Crippen molar-refractivity contribution in [3.63, 3.8) is 0 Å². The van der Waals surface area contributed by atoms with Gasteiger partial charge in [-0.3, -0.25) is 9.80 Å². The van der Waals surface area contributed by atoms with Crippen LogP contribution in [0.1, 0.15) is 39.3 Å². The molecule has 1 saturated heterocycles. The zero-order valence-electron chi connectivity index (χ0n) is 21.5. The number of carbonyl (C=O) groups is 3. The van der Waals surface area contributed by atoms with Crippen LogP contribution in [0.4, 0.5) is 9.59 Å². The molecule has 3 rings (SSSR count). The van der Waals surface area contributed by atoms with Gasteiger partial charge in [0.1, 0.15) is 5.75 Å². The lowest BCUT2D eigenvalue weighted by Crippen LogP contribution is -2.56. The highest BCUT2D eigenvalue weighted by Crippen LogP contribution is 2.35. The molecule has 35 heavy (non-hydrogen) atoms. The van der Waals surface area contributed by atoms with Crippen LogP contribution >= 0.6 is 0 Å². The maximum Gasteiger partial charge on any atom is 0.338 e. The minimum atomic E-state index is -0.706. The van der Waals surface area contributed by atoms with E-state index in [1.807, 2.05) is 39.0 Å². The lowest BCUT2D eigenvalue weighted by atomic mass is 9.93. The van der Waals surface area contributed by atoms with Gasteiger partial charge in [-0.15, -0.1) is 0 Å². The quantitative estimate of drug-likeness (QED) is 0.597. The molecular weight excluding hydrogens is 450 g/mol. The van der Waals surface area contributed by atoms with Gasteiger partial charge < -0.3 is 25.0 Å². The van der Waals surface area contributed by atoms with Crippen LogP contribution < -0.4 is 15.4 Å². The van der Waals surface area contributed by atoms with E-state index >= 15 is 0 Å². The third-order valence-corrected chi connectivity index (χ3v) is 6.04. The molecule has 1 aromatic carbocycles. The summed E-state index contributed by atoms with van der Waals surface area (Å²) in [5.74, 6) is 0.0930. The molecule has 0 radical (unpaired) electrons. The largest absolute Gasteiger partial charge is 0.496 e. The smallest absolute Gasteiger partial charge is 0.338 e. The van der Waals surface area contributed by atoms with Crippen molar-refractivity contribution in [3.05, 3.63) is 41.1 Å². The minimum absolute atomic E-state index is 0.0889. The zero-order chi connectivity index (χ0) is 25.8. The molecule has 2 N–H and O–H groups in total. The minimum Gasteiger partial charge on any atom is -0.496 e. The van der Waals surface area contributed by atoms with Gasteiger partial charge in [0, 0.05) is 56.6 Å². The highest BCUT2D eigenvalue weighted by Gasteiger charge is 2.39. The monoisotopic (exact) mass is 487 g/mol. The second kappa shape index (κ2) is 11.0. The predicted molar refractivity (Wildman–Crippen MR) is 132 cm³/mol. The molecule has 1 aromatic rings. The number of carbonyl (C=O) groups excluding carboxylic acids is 3. The molecule has 0 aliphatic carbocycles. The summed E-state index contributed by atoms with van der Waals surface area (Å²) in [6, 6.07) is 6.20. The Morgan fingerprint density at radius 1 is 1.14 bits per heavy atom. The number of piperazine rings is 1. The van der Waals surface area contributed by atoms with Crippen molar-refractivity contribution in [2.75, 3.05) is 53.5 Å². The number of benzene rings is 1. The van der Waals surface area contributed by atoms with Crippen molar-refractivity contribution in [1.82, 2.24) is 25.3 Å². The number of hydrogen-bond donors (Lipinski definition) is 2. The first-order chi connectivity index (χ1) is 16.6. The first-order valence-electron chi connectivity index (χ1n) is 11.9. The summed E-state index contributed by atoms with van der Waals surface area (Å²) >= 11 is 0. The molecule has 0 bridgehead atoms. The second-order valence-corrected chi connectivity index (χ2v) is 9.71. The zero-order valence-corrected chi connectivity index (χ0v) is 21.5. The Kier molecular flexibility index (Phi) is 8.26. The van der Waals surface area contributed by atoms with Gasteiger partial charge >= 0.3 is 18.0 Å². The third-order valence-electron chi connectivity index (χ3n) is 6.04. The summed E-state index contributed by atoms with van der Waals surface area (Å²) < 4.78 is 10.9. The van der Waals surface area contributed by atoms with E-state index in [0.29, 0.717) is 55.3 Å². The normalized spacial score (nSPS) is 19.4. The number of nitrogens with zero attached hydrogens (tertiary/aromatic N) is 3. The van der Waals surface area contributed by atoms with Crippen molar-refractivity contribution in [2.45, 2.75) is 39.3 Å². The number of esters is 1. The Labute approximate surface area is 207 Å². The molecule has 4 amide bonds. The number of urea groups is 2. The van der Waals surface area contributed by atoms with Crippen LogP contribution in [0, 0.1) is 0 Å². The van der Waals surface area contributed by atoms with E-state index in [2.05, 4.69) is 15.5 Å². The van der Waals surface area contributed by atoms with Crippen molar-refractivity contribution in [3.8, 4) is 5.75 Å². The molecule has 2 aliphatic rings. The van der Waals surface area contributed by atoms with E-state index in [1.165, 1.54) is 4.90 Å². The van der Waals surface area contributed by atoms with Crippen molar-refractivity contribution >= 4 is 18.0 Å². The highest BCUT2D eigenvalue weighted by atomic mass is 16.5. The van der Waals surface area contributed by atoms with E-state index < -0.39 is 12.0 Å². The van der Waals surface area contributed by atoms with Crippen LogP contribution in [-0.4, -0.2) is 91.8 Å². The van der Waals surface area contributed by atoms with Crippen LogP contribution in [0.15, 0.2) is 35.5 Å². The van der Waals surface area contributed by atoms with E-state index in [4.69, 9.17) is 9.47 Å². The number of para-hydroxylation sites is 1. The Hall–Kier alpha value is -3.27. The van der Waals surface area contributed by atoms with Gasteiger partial charge in [0.05, 0.1) is 25.3 Å². The summed E-state index contributed by atoms with van der Waals surface area (Å²) in [7, 11) is 3.20. The van der Waals surface area contributed by atoms with Crippen LogP contribution in [0.5, 0.6) is 5.75 Å². The fourth-order valence-electron chi connectivity index (χ4n) is 4.26. The van der Waals surface area contributed by atoms with E-state index in [1.54, 1.807) is 32.0 Å². The van der Waals surface area contributed by atoms with Gasteiger partial charge in [-0.1, -0.05) is 18.2 Å². The maximum atomic E-state index is 13.2. The molecule has 1 fully saturated rings. The molecule has 192 valence electrons. The maximum absolute atomic E-state index is 13.2. The molecule has 2 aliphatic heterocycles. The summed E-state index contributed by atoms with van der Waals surface area (Å²) in [6.45, 7) is 10.5. The third kappa shape index (κ3) is 6.25. The van der Waals surface area contributed by atoms with Gasteiger partial charge in [-0.25, -0.2) is 14.4 Å². The SMILES string of the molecule is CCOC(=O)C1=C(CN2CCN(C(=O)NC(C)(C)C)CC2)N(C)C(=O)N[C@@H]1c1ccccc1OC. The molecule has 2 heterocycles. The lowest BCUT2D eigenvalue weighted by molar-refractivity contribution is -0.139. The number of hydrogen-bond acceptors (Lipinski definition) is 6. The number of amides is 4. The first-order valence-corrected chi connectivity index (χ1v) is 11.9. The molecule has 10 heteroatoms. The standard InChI is InChI=1S/C25H37N5O5/c1-7-35-22(31)20-18(16-29-12-14-30(15-13-29)24(33)27-25(2,3)4)28(5)23(32)26-21(20)17-10-8-9-11-19(17)34-6/h8-11,21H,7,12-16H2,1-6H3,(H,26,32)(H,27,33)/t21-/m1/s1. The Balaban J connectivity index is 1.88. The Morgan fingerprint density at radius 3 is 2.40 bits per heavy atom. The number of rotatable bonds is 6. The Morgan fingerprint density at radius 2 is 1.80 bits per heavy atom. The van der Waals surface area contributed by atoms with E-state index in [9.17, 15) is 14.4 Å². The lowest BCUT2D eigenvalue weighted by Gasteiger charge is -2.40. The topological polar surface area (TPSA) is 103 Å². The molecule has 0 aromatic heterocycles. The number of likely N-dealkylation sites (N-methyl/N-ethyl adjacent to an activating group) is 1. The van der Waals surface area contributed by atoms with Gasteiger partial charge in [0.2, 0.25) is 0 Å². The molecule has 0 unspecified atom stereocenters. The fourth-order valence-corrected chi connectivity index (χ4v) is 4.26. The molecule has 0 saturated carbocycles. The average molecular weight is 488 g/mol. The second-order valence-electron chi connectivity index (χ2n) is 9.71. The van der Waals surface area contributed by atoms with E-state index in [-0.39, 0.29) is 24.2 Å². The fraction of sp³-hybridized carbons (Fsp3) is 0.560. The first kappa shape index (κ1) is 26.3. The van der Waals surface area contributed by atoms with Crippen molar-refractivity contribution in [1.29, 1.82) is 0 Å². The van der Waals surface area contributed by atoms with Gasteiger partial charge in [0.15, 0.2) is 0 Å². The van der Waals surface area contributed by atoms with Gasteiger partial charge in [-0.2, -0.15) is 0 Å². The highest BCUT2D eigenvalue weighted by molar-refractivity contribution is 5.95. The molecule has 1 atom stereocenters.